The van der Waals surface area contributed by atoms with Crippen molar-refractivity contribution in [1.29, 1.82) is 0 Å². The summed E-state index contributed by atoms with van der Waals surface area (Å²) in [7, 11) is 0. The summed E-state index contributed by atoms with van der Waals surface area (Å²) in [5, 5.41) is 9.29. The molecule has 1 N–H and O–H groups in total. The van der Waals surface area contributed by atoms with E-state index in [1.807, 2.05) is 0 Å². The Morgan fingerprint density at radius 3 is 2.39 bits per heavy atom. The summed E-state index contributed by atoms with van der Waals surface area (Å²) < 4.78 is 16.4. The van der Waals surface area contributed by atoms with E-state index in [0.717, 1.165) is 12.8 Å². The topological polar surface area (TPSA) is 103 Å². The smallest absolute Gasteiger partial charge is 0.349 e. The first-order valence-electron chi connectivity index (χ1n) is 8.68. The zero-order valence-corrected chi connectivity index (χ0v) is 15.3. The summed E-state index contributed by atoms with van der Waals surface area (Å²) in [5.41, 5.74) is 0.183. The molecule has 4 rings (SSSR count). The summed E-state index contributed by atoms with van der Waals surface area (Å²) in [4.78, 5) is 35.8. The second-order valence-electron chi connectivity index (χ2n) is 6.66. The van der Waals surface area contributed by atoms with Crippen molar-refractivity contribution in [3.63, 3.8) is 0 Å². The Morgan fingerprint density at radius 1 is 1.07 bits per heavy atom. The minimum absolute atomic E-state index is 0.0585. The van der Waals surface area contributed by atoms with Crippen LogP contribution in [0.4, 0.5) is 0 Å². The third kappa shape index (κ3) is 3.29. The SMILES string of the molecule is O=C1OC2(CCCC2)OC(=O)C1=Cc1ccc(-c2ccc(Cl)c(C(=O)O)c2)o1. The number of esters is 2. The number of aromatic carboxylic acids is 1. The van der Waals surface area contributed by atoms with Gasteiger partial charge in [-0.15, -0.1) is 0 Å². The van der Waals surface area contributed by atoms with Gasteiger partial charge in [0.15, 0.2) is 0 Å². The highest BCUT2D eigenvalue weighted by Gasteiger charge is 2.48. The molecule has 8 heteroatoms. The van der Waals surface area contributed by atoms with Gasteiger partial charge in [0.25, 0.3) is 5.79 Å². The Labute approximate surface area is 164 Å². The molecule has 0 radical (unpaired) electrons. The van der Waals surface area contributed by atoms with Crippen molar-refractivity contribution in [1.82, 2.24) is 0 Å². The van der Waals surface area contributed by atoms with E-state index in [-0.39, 0.29) is 21.9 Å². The Morgan fingerprint density at radius 2 is 1.75 bits per heavy atom. The molecule has 2 heterocycles. The van der Waals surface area contributed by atoms with E-state index in [4.69, 9.17) is 25.5 Å². The largest absolute Gasteiger partial charge is 0.478 e. The van der Waals surface area contributed by atoms with Gasteiger partial charge in [-0.25, -0.2) is 14.4 Å². The number of halogens is 1. The summed E-state index contributed by atoms with van der Waals surface area (Å²) in [6.07, 6.45) is 3.93. The highest BCUT2D eigenvalue weighted by atomic mass is 35.5. The number of ether oxygens (including phenoxy) is 2. The van der Waals surface area contributed by atoms with Gasteiger partial charge in [-0.1, -0.05) is 11.6 Å². The number of carbonyl (C=O) groups is 3. The van der Waals surface area contributed by atoms with Crippen molar-refractivity contribution >= 4 is 35.6 Å². The first-order valence-corrected chi connectivity index (χ1v) is 9.06. The van der Waals surface area contributed by atoms with Gasteiger partial charge in [0.05, 0.1) is 10.6 Å². The quantitative estimate of drug-likeness (QED) is 0.469. The van der Waals surface area contributed by atoms with Crippen molar-refractivity contribution in [3.05, 3.63) is 52.3 Å². The average molecular weight is 403 g/mol. The number of benzene rings is 1. The molecule has 1 aromatic heterocycles. The monoisotopic (exact) mass is 402 g/mol. The molecular formula is C20H15ClO7. The maximum atomic E-state index is 12.3. The summed E-state index contributed by atoms with van der Waals surface area (Å²) in [6.45, 7) is 0. The zero-order valence-electron chi connectivity index (χ0n) is 14.6. The Bertz CT molecular complexity index is 989. The van der Waals surface area contributed by atoms with Gasteiger partial charge in [-0.05, 0) is 43.2 Å². The van der Waals surface area contributed by atoms with Crippen LogP contribution in [-0.4, -0.2) is 28.8 Å². The van der Waals surface area contributed by atoms with E-state index in [9.17, 15) is 19.5 Å². The van der Waals surface area contributed by atoms with Gasteiger partial charge in [0.1, 0.15) is 17.1 Å². The number of hydrogen-bond donors (Lipinski definition) is 1. The molecule has 1 aliphatic heterocycles. The molecule has 0 amide bonds. The number of carbonyl (C=O) groups excluding carboxylic acids is 2. The lowest BCUT2D eigenvalue weighted by Crippen LogP contribution is -2.44. The molecule has 1 saturated carbocycles. The van der Waals surface area contributed by atoms with Gasteiger partial charge in [0.2, 0.25) is 0 Å². The maximum Gasteiger partial charge on any atom is 0.349 e. The summed E-state index contributed by atoms with van der Waals surface area (Å²) in [6, 6.07) is 7.60. The first-order chi connectivity index (χ1) is 13.4. The van der Waals surface area contributed by atoms with E-state index < -0.39 is 23.7 Å². The van der Waals surface area contributed by atoms with Gasteiger partial charge >= 0.3 is 17.9 Å². The molecular weight excluding hydrogens is 388 g/mol. The Kier molecular flexibility index (Phi) is 4.47. The van der Waals surface area contributed by atoms with Crippen molar-refractivity contribution in [3.8, 4) is 11.3 Å². The molecule has 0 unspecified atom stereocenters. The van der Waals surface area contributed by atoms with Crippen LogP contribution >= 0.6 is 11.6 Å². The van der Waals surface area contributed by atoms with E-state index in [2.05, 4.69) is 0 Å². The highest BCUT2D eigenvalue weighted by molar-refractivity contribution is 6.33. The lowest BCUT2D eigenvalue weighted by molar-refractivity contribution is -0.232. The van der Waals surface area contributed by atoms with Gasteiger partial charge < -0.3 is 19.0 Å². The Hall–Kier alpha value is -3.06. The number of carboxylic acids is 1. The molecule has 2 aromatic rings. The highest BCUT2D eigenvalue weighted by Crippen LogP contribution is 2.39. The van der Waals surface area contributed by atoms with Crippen LogP contribution in [0.2, 0.25) is 5.02 Å². The zero-order chi connectivity index (χ0) is 19.9. The lowest BCUT2D eigenvalue weighted by atomic mass is 10.1. The van der Waals surface area contributed by atoms with E-state index in [1.54, 1.807) is 18.2 Å². The molecule has 1 aromatic carbocycles. The number of hydrogen-bond acceptors (Lipinski definition) is 6. The van der Waals surface area contributed by atoms with Gasteiger partial charge in [0, 0.05) is 24.5 Å². The molecule has 0 atom stereocenters. The number of furan rings is 1. The van der Waals surface area contributed by atoms with Crippen LogP contribution < -0.4 is 0 Å². The fraction of sp³-hybridized carbons (Fsp3) is 0.250. The minimum Gasteiger partial charge on any atom is -0.478 e. The summed E-state index contributed by atoms with van der Waals surface area (Å²) >= 11 is 5.87. The second-order valence-corrected chi connectivity index (χ2v) is 7.06. The van der Waals surface area contributed by atoms with Crippen molar-refractivity contribution < 1.29 is 33.4 Å². The molecule has 1 aliphatic carbocycles. The maximum absolute atomic E-state index is 12.3. The standard InChI is InChI=1S/C20H15ClO7/c21-15-5-3-11(9-13(15)17(22)23)16-6-4-12(26-16)10-14-18(24)27-20(28-19(14)25)7-1-2-8-20/h3-6,9-10H,1-2,7-8H2,(H,22,23). The predicted octanol–water partition coefficient (Wildman–Crippen LogP) is 4.05. The van der Waals surface area contributed by atoms with Gasteiger partial charge in [-0.3, -0.25) is 0 Å². The van der Waals surface area contributed by atoms with E-state index in [0.29, 0.717) is 24.2 Å². The average Bonchev–Trinajstić information content (AvgIpc) is 3.28. The fourth-order valence-electron chi connectivity index (χ4n) is 3.36. The van der Waals surface area contributed by atoms with Crippen LogP contribution in [0.1, 0.15) is 41.8 Å². The van der Waals surface area contributed by atoms with Gasteiger partial charge in [-0.2, -0.15) is 0 Å². The third-order valence-corrected chi connectivity index (χ3v) is 5.09. The minimum atomic E-state index is -1.16. The van der Waals surface area contributed by atoms with E-state index >= 15 is 0 Å². The van der Waals surface area contributed by atoms with Crippen molar-refractivity contribution in [2.24, 2.45) is 0 Å². The molecule has 0 bridgehead atoms. The molecule has 144 valence electrons. The normalized spacial score (nSPS) is 18.1. The van der Waals surface area contributed by atoms with Crippen molar-refractivity contribution in [2.75, 3.05) is 0 Å². The van der Waals surface area contributed by atoms with Crippen LogP contribution in [0, 0.1) is 0 Å². The van der Waals surface area contributed by atoms with E-state index in [1.165, 1.54) is 18.2 Å². The summed E-state index contributed by atoms with van der Waals surface area (Å²) in [5.74, 6) is -3.18. The number of rotatable bonds is 3. The predicted molar refractivity (Wildman–Crippen MR) is 97.5 cm³/mol. The molecule has 1 spiro atoms. The second kappa shape index (κ2) is 6.83. The lowest BCUT2D eigenvalue weighted by Gasteiger charge is -2.32. The van der Waals surface area contributed by atoms with Crippen LogP contribution in [0.15, 0.2) is 40.3 Å². The van der Waals surface area contributed by atoms with Crippen molar-refractivity contribution in [2.45, 2.75) is 31.5 Å². The molecule has 1 saturated heterocycles. The Balaban J connectivity index is 1.60. The first kappa shape index (κ1) is 18.3. The molecule has 7 nitrogen and oxygen atoms in total. The van der Waals surface area contributed by atoms with Crippen LogP contribution in [0.5, 0.6) is 0 Å². The molecule has 2 fully saturated rings. The molecule has 2 aliphatic rings. The fourth-order valence-corrected chi connectivity index (χ4v) is 3.56. The third-order valence-electron chi connectivity index (χ3n) is 4.76. The van der Waals surface area contributed by atoms with Crippen LogP contribution in [0.3, 0.4) is 0 Å². The van der Waals surface area contributed by atoms with Crippen LogP contribution in [0.25, 0.3) is 17.4 Å². The van der Waals surface area contributed by atoms with Crippen LogP contribution in [-0.2, 0) is 19.1 Å². The number of carboxylic acid groups (broad SMARTS) is 1. The molecule has 28 heavy (non-hydrogen) atoms.